The third kappa shape index (κ3) is 5.08. The lowest BCUT2D eigenvalue weighted by Crippen LogP contribution is -2.21. The van der Waals surface area contributed by atoms with E-state index in [1.165, 1.54) is 11.3 Å². The number of hydrogen-bond acceptors (Lipinski definition) is 6. The van der Waals surface area contributed by atoms with Crippen molar-refractivity contribution in [3.63, 3.8) is 0 Å². The smallest absolute Gasteiger partial charge is 0.341 e. The van der Waals surface area contributed by atoms with Crippen molar-refractivity contribution in [1.82, 2.24) is 0 Å². The first-order valence-electron chi connectivity index (χ1n) is 10.3. The summed E-state index contributed by atoms with van der Waals surface area (Å²) >= 11 is 1.45. The third-order valence-corrected chi connectivity index (χ3v) is 6.28. The van der Waals surface area contributed by atoms with Crippen molar-refractivity contribution < 1.29 is 23.9 Å². The van der Waals surface area contributed by atoms with E-state index in [1.54, 1.807) is 31.2 Å². The number of esters is 1. The molecule has 0 spiro atoms. The highest BCUT2D eigenvalue weighted by molar-refractivity contribution is 7.17. The van der Waals surface area contributed by atoms with Gasteiger partial charge in [0.1, 0.15) is 10.8 Å². The second-order valence-corrected chi connectivity index (χ2v) is 8.52. The first-order valence-corrected chi connectivity index (χ1v) is 11.1. The summed E-state index contributed by atoms with van der Waals surface area (Å²) in [5, 5.41) is 3.36. The molecule has 30 heavy (non-hydrogen) atoms. The standard InChI is InChI=1S/C23H27NO5S/c1-4-18(25)15-7-9-16(10-8-15)29-13-20(26)24-22-21(23(27)28-5-2)17-11-6-14(3)12-19(17)30-22/h7-10,14H,4-6,11-13H2,1-3H3,(H,24,26). The van der Waals surface area contributed by atoms with Gasteiger partial charge in [0.25, 0.3) is 5.91 Å². The van der Waals surface area contributed by atoms with Gasteiger partial charge >= 0.3 is 5.97 Å². The van der Waals surface area contributed by atoms with Crippen molar-refractivity contribution in [3.05, 3.63) is 45.8 Å². The minimum atomic E-state index is -0.392. The fourth-order valence-corrected chi connectivity index (χ4v) is 4.93. The number of fused-ring (bicyclic) bond motifs is 1. The van der Waals surface area contributed by atoms with Crippen LogP contribution in [-0.2, 0) is 22.4 Å². The van der Waals surface area contributed by atoms with Gasteiger partial charge in [0.15, 0.2) is 12.4 Å². The van der Waals surface area contributed by atoms with Crippen LogP contribution < -0.4 is 10.1 Å². The lowest BCUT2D eigenvalue weighted by molar-refractivity contribution is -0.118. The summed E-state index contributed by atoms with van der Waals surface area (Å²) in [5.41, 5.74) is 2.11. The van der Waals surface area contributed by atoms with Crippen LogP contribution in [0.5, 0.6) is 5.75 Å². The number of ketones is 1. The van der Waals surface area contributed by atoms with E-state index in [0.29, 0.717) is 34.2 Å². The topological polar surface area (TPSA) is 81.7 Å². The van der Waals surface area contributed by atoms with E-state index in [-0.39, 0.29) is 24.9 Å². The Morgan fingerprint density at radius 1 is 1.17 bits per heavy atom. The molecule has 1 aromatic carbocycles. The highest BCUT2D eigenvalue weighted by atomic mass is 32.1. The number of rotatable bonds is 8. The molecule has 0 aliphatic heterocycles. The van der Waals surface area contributed by atoms with Gasteiger partial charge in [-0.15, -0.1) is 11.3 Å². The quantitative estimate of drug-likeness (QED) is 0.488. The number of Topliss-reactive ketones (excluding diaryl/α,β-unsaturated/α-hetero) is 1. The zero-order valence-corrected chi connectivity index (χ0v) is 18.4. The van der Waals surface area contributed by atoms with Gasteiger partial charge in [-0.1, -0.05) is 13.8 Å². The van der Waals surface area contributed by atoms with Gasteiger partial charge in [-0.25, -0.2) is 4.79 Å². The molecule has 1 atom stereocenters. The fourth-order valence-electron chi connectivity index (χ4n) is 3.51. The number of carbonyl (C=O) groups excluding carboxylic acids is 3. The summed E-state index contributed by atoms with van der Waals surface area (Å²) < 4.78 is 10.8. The van der Waals surface area contributed by atoms with Crippen molar-refractivity contribution in [2.45, 2.75) is 46.5 Å². The largest absolute Gasteiger partial charge is 0.484 e. The Bertz CT molecular complexity index is 932. The second kappa shape index (κ2) is 9.89. The molecule has 0 saturated heterocycles. The number of amides is 1. The van der Waals surface area contributed by atoms with E-state index in [0.717, 1.165) is 29.7 Å². The molecule has 2 aromatic rings. The van der Waals surface area contributed by atoms with E-state index in [9.17, 15) is 14.4 Å². The molecule has 1 amide bonds. The number of ether oxygens (including phenoxy) is 2. The Kier molecular flexibility index (Phi) is 7.26. The van der Waals surface area contributed by atoms with Crippen molar-refractivity contribution in [1.29, 1.82) is 0 Å². The molecule has 1 heterocycles. The van der Waals surface area contributed by atoms with Gasteiger partial charge < -0.3 is 14.8 Å². The van der Waals surface area contributed by atoms with E-state index in [2.05, 4.69) is 12.2 Å². The Balaban J connectivity index is 1.68. The van der Waals surface area contributed by atoms with Gasteiger partial charge in [-0.05, 0) is 61.9 Å². The van der Waals surface area contributed by atoms with Crippen molar-refractivity contribution in [3.8, 4) is 5.75 Å². The molecule has 0 bridgehead atoms. The summed E-state index contributed by atoms with van der Waals surface area (Å²) in [6.45, 7) is 5.86. The maximum absolute atomic E-state index is 12.5. The number of hydrogen-bond donors (Lipinski definition) is 1. The summed E-state index contributed by atoms with van der Waals surface area (Å²) in [6.07, 6.45) is 3.18. The van der Waals surface area contributed by atoms with Crippen LogP contribution in [0.25, 0.3) is 0 Å². The molecule has 1 aliphatic rings. The van der Waals surface area contributed by atoms with Crippen LogP contribution in [0.2, 0.25) is 0 Å². The number of benzene rings is 1. The van der Waals surface area contributed by atoms with Crippen molar-refractivity contribution in [2.75, 3.05) is 18.5 Å². The SMILES string of the molecule is CCOC(=O)c1c(NC(=O)COc2ccc(C(=O)CC)cc2)sc2c1CCC(C)C2. The molecule has 3 rings (SSSR count). The van der Waals surface area contributed by atoms with E-state index < -0.39 is 5.97 Å². The molecule has 1 N–H and O–H groups in total. The van der Waals surface area contributed by atoms with Gasteiger partial charge in [-0.2, -0.15) is 0 Å². The maximum atomic E-state index is 12.5. The molecule has 1 unspecified atom stereocenters. The van der Waals surface area contributed by atoms with E-state index in [4.69, 9.17) is 9.47 Å². The van der Waals surface area contributed by atoms with E-state index >= 15 is 0 Å². The van der Waals surface area contributed by atoms with Crippen LogP contribution in [0.15, 0.2) is 24.3 Å². The Labute approximate surface area is 180 Å². The predicted molar refractivity (Wildman–Crippen MR) is 117 cm³/mol. The number of carbonyl (C=O) groups is 3. The maximum Gasteiger partial charge on any atom is 0.341 e. The molecule has 0 radical (unpaired) electrons. The summed E-state index contributed by atoms with van der Waals surface area (Å²) in [5.74, 6) is 0.378. The third-order valence-electron chi connectivity index (χ3n) is 5.11. The fraction of sp³-hybridized carbons (Fsp3) is 0.435. The summed E-state index contributed by atoms with van der Waals surface area (Å²) in [7, 11) is 0. The predicted octanol–water partition coefficient (Wildman–Crippen LogP) is 4.66. The van der Waals surface area contributed by atoms with Gasteiger partial charge in [0.05, 0.1) is 12.2 Å². The molecule has 0 fully saturated rings. The molecular weight excluding hydrogens is 402 g/mol. The molecule has 6 nitrogen and oxygen atoms in total. The molecule has 1 aromatic heterocycles. The summed E-state index contributed by atoms with van der Waals surface area (Å²) in [4.78, 5) is 37.8. The highest BCUT2D eigenvalue weighted by Crippen LogP contribution is 2.40. The Morgan fingerprint density at radius 3 is 2.57 bits per heavy atom. The summed E-state index contributed by atoms with van der Waals surface area (Å²) in [6, 6.07) is 6.72. The molecule has 1 aliphatic carbocycles. The minimum Gasteiger partial charge on any atom is -0.484 e. The normalized spacial score (nSPS) is 15.2. The zero-order chi connectivity index (χ0) is 21.7. The van der Waals surface area contributed by atoms with Gasteiger partial charge in [0.2, 0.25) is 0 Å². The number of nitrogens with one attached hydrogen (secondary N) is 1. The Hall–Kier alpha value is -2.67. The van der Waals surface area contributed by atoms with Gasteiger partial charge in [-0.3, -0.25) is 9.59 Å². The van der Waals surface area contributed by atoms with Crippen LogP contribution in [0, 0.1) is 5.92 Å². The lowest BCUT2D eigenvalue weighted by atomic mass is 9.88. The lowest BCUT2D eigenvalue weighted by Gasteiger charge is -2.18. The first-order chi connectivity index (χ1) is 14.4. The van der Waals surface area contributed by atoms with Crippen LogP contribution in [0.4, 0.5) is 5.00 Å². The number of thiophene rings is 1. The van der Waals surface area contributed by atoms with E-state index in [1.807, 2.05) is 6.92 Å². The van der Waals surface area contributed by atoms with Gasteiger partial charge in [0, 0.05) is 16.9 Å². The molecule has 160 valence electrons. The first kappa shape index (κ1) is 22.0. The van der Waals surface area contributed by atoms with Crippen LogP contribution in [0.1, 0.15) is 64.8 Å². The minimum absolute atomic E-state index is 0.0572. The average Bonchev–Trinajstić information content (AvgIpc) is 3.09. The molecule has 7 heteroatoms. The second-order valence-electron chi connectivity index (χ2n) is 7.41. The number of anilines is 1. The van der Waals surface area contributed by atoms with Crippen molar-refractivity contribution >= 4 is 34.0 Å². The zero-order valence-electron chi connectivity index (χ0n) is 17.6. The van der Waals surface area contributed by atoms with Crippen LogP contribution in [0.3, 0.4) is 0 Å². The molecule has 0 saturated carbocycles. The highest BCUT2D eigenvalue weighted by Gasteiger charge is 2.29. The van der Waals surface area contributed by atoms with Crippen molar-refractivity contribution in [2.24, 2.45) is 5.92 Å². The van der Waals surface area contributed by atoms with Crippen LogP contribution in [-0.4, -0.2) is 30.9 Å². The monoisotopic (exact) mass is 429 g/mol. The average molecular weight is 430 g/mol. The Morgan fingerprint density at radius 2 is 1.90 bits per heavy atom. The molecular formula is C23H27NO5S. The van der Waals surface area contributed by atoms with Crippen LogP contribution >= 0.6 is 11.3 Å².